The summed E-state index contributed by atoms with van der Waals surface area (Å²) < 4.78 is 5.41. The van der Waals surface area contributed by atoms with Crippen LogP contribution in [0.5, 0.6) is 0 Å². The molecule has 0 aromatic carbocycles. The fourth-order valence-corrected chi connectivity index (χ4v) is 3.79. The van der Waals surface area contributed by atoms with Gasteiger partial charge in [-0.2, -0.15) is 0 Å². The van der Waals surface area contributed by atoms with Gasteiger partial charge in [0, 0.05) is 38.3 Å². The molecular formula is C20H42IN5O. The van der Waals surface area contributed by atoms with E-state index < -0.39 is 0 Å². The van der Waals surface area contributed by atoms with E-state index in [4.69, 9.17) is 9.73 Å². The number of guanidine groups is 1. The van der Waals surface area contributed by atoms with Gasteiger partial charge in [0.2, 0.25) is 0 Å². The number of hydrogen-bond donors (Lipinski definition) is 2. The first kappa shape index (κ1) is 24.9. The molecule has 27 heavy (non-hydrogen) atoms. The number of halogens is 1. The molecular weight excluding hydrogens is 453 g/mol. The highest BCUT2D eigenvalue weighted by atomic mass is 127. The van der Waals surface area contributed by atoms with Crippen molar-refractivity contribution in [3.8, 4) is 0 Å². The van der Waals surface area contributed by atoms with E-state index in [2.05, 4.69) is 48.1 Å². The van der Waals surface area contributed by atoms with Crippen molar-refractivity contribution in [1.82, 2.24) is 20.4 Å². The van der Waals surface area contributed by atoms with Gasteiger partial charge in [0.15, 0.2) is 5.96 Å². The Labute approximate surface area is 183 Å². The molecule has 1 unspecified atom stereocenters. The highest BCUT2D eigenvalue weighted by molar-refractivity contribution is 14.0. The standard InChI is InChI=1S/C20H41N5O.HI/c1-5-21-19(22-9-7-10-24-12-14-26-15-13-24)23-17-20(3,4)25-11-6-8-18(2)16-25;/h18H,5-17H2,1-4H3,(H2,21,22,23);1H. The van der Waals surface area contributed by atoms with E-state index in [0.29, 0.717) is 0 Å². The summed E-state index contributed by atoms with van der Waals surface area (Å²) in [6.07, 6.45) is 3.81. The fourth-order valence-electron chi connectivity index (χ4n) is 3.79. The average molecular weight is 495 g/mol. The minimum Gasteiger partial charge on any atom is -0.379 e. The predicted octanol–water partition coefficient (Wildman–Crippen LogP) is 2.39. The molecule has 2 rings (SSSR count). The normalized spacial score (nSPS) is 23.0. The maximum absolute atomic E-state index is 5.41. The van der Waals surface area contributed by atoms with Crippen molar-refractivity contribution in [3.05, 3.63) is 0 Å². The third-order valence-electron chi connectivity index (χ3n) is 5.53. The zero-order valence-corrected chi connectivity index (χ0v) is 20.3. The Morgan fingerprint density at radius 3 is 2.59 bits per heavy atom. The van der Waals surface area contributed by atoms with Crippen LogP contribution in [0.15, 0.2) is 4.99 Å². The Morgan fingerprint density at radius 1 is 1.19 bits per heavy atom. The second-order valence-corrected chi connectivity index (χ2v) is 8.44. The molecule has 0 bridgehead atoms. The number of ether oxygens (including phenoxy) is 1. The smallest absolute Gasteiger partial charge is 0.191 e. The van der Waals surface area contributed by atoms with E-state index in [0.717, 1.165) is 70.8 Å². The number of hydrogen-bond acceptors (Lipinski definition) is 4. The fraction of sp³-hybridized carbons (Fsp3) is 0.950. The summed E-state index contributed by atoms with van der Waals surface area (Å²) >= 11 is 0. The lowest BCUT2D eigenvalue weighted by Gasteiger charge is -2.42. The highest BCUT2D eigenvalue weighted by Gasteiger charge is 2.29. The summed E-state index contributed by atoms with van der Waals surface area (Å²) in [5.41, 5.74) is 0.116. The number of likely N-dealkylation sites (tertiary alicyclic amines) is 1. The molecule has 160 valence electrons. The summed E-state index contributed by atoms with van der Waals surface area (Å²) in [4.78, 5) is 9.99. The lowest BCUT2D eigenvalue weighted by molar-refractivity contribution is 0.0376. The Balaban J connectivity index is 0.00000364. The number of nitrogens with one attached hydrogen (secondary N) is 2. The summed E-state index contributed by atoms with van der Waals surface area (Å²) in [5.74, 6) is 1.76. The van der Waals surface area contributed by atoms with E-state index in [1.165, 1.54) is 25.9 Å². The predicted molar refractivity (Wildman–Crippen MR) is 125 cm³/mol. The van der Waals surface area contributed by atoms with E-state index in [1.54, 1.807) is 0 Å². The van der Waals surface area contributed by atoms with Crippen LogP contribution in [0.25, 0.3) is 0 Å². The minimum absolute atomic E-state index is 0. The molecule has 2 N–H and O–H groups in total. The van der Waals surface area contributed by atoms with Crippen LogP contribution in [0.3, 0.4) is 0 Å². The monoisotopic (exact) mass is 495 g/mol. The maximum Gasteiger partial charge on any atom is 0.191 e. The van der Waals surface area contributed by atoms with Crippen molar-refractivity contribution in [2.24, 2.45) is 10.9 Å². The van der Waals surface area contributed by atoms with Crippen molar-refractivity contribution in [2.45, 2.75) is 52.5 Å². The second-order valence-electron chi connectivity index (χ2n) is 8.44. The Morgan fingerprint density at radius 2 is 1.93 bits per heavy atom. The molecule has 2 saturated heterocycles. The molecule has 0 aromatic rings. The van der Waals surface area contributed by atoms with Crippen LogP contribution in [0.1, 0.15) is 47.0 Å². The first-order valence-electron chi connectivity index (χ1n) is 10.6. The van der Waals surface area contributed by atoms with Crippen molar-refractivity contribution in [3.63, 3.8) is 0 Å². The number of nitrogens with zero attached hydrogens (tertiary/aromatic N) is 3. The highest BCUT2D eigenvalue weighted by Crippen LogP contribution is 2.24. The molecule has 6 nitrogen and oxygen atoms in total. The van der Waals surface area contributed by atoms with Crippen LogP contribution in [0.2, 0.25) is 0 Å². The number of aliphatic imine (C=N–C) groups is 1. The lowest BCUT2D eigenvalue weighted by atomic mass is 9.94. The summed E-state index contributed by atoms with van der Waals surface area (Å²) in [7, 11) is 0. The molecule has 7 heteroatoms. The molecule has 0 aromatic heterocycles. The van der Waals surface area contributed by atoms with Crippen molar-refractivity contribution in [1.29, 1.82) is 0 Å². The largest absolute Gasteiger partial charge is 0.379 e. The SMILES string of the molecule is CCNC(=NCC(C)(C)N1CCCC(C)C1)NCCCN1CCOCC1.I. The number of morpholine rings is 1. The van der Waals surface area contributed by atoms with Gasteiger partial charge in [0.05, 0.1) is 19.8 Å². The molecule has 0 radical (unpaired) electrons. The maximum atomic E-state index is 5.41. The molecule has 1 atom stereocenters. The third-order valence-corrected chi connectivity index (χ3v) is 5.53. The molecule has 0 spiro atoms. The molecule has 0 saturated carbocycles. The first-order chi connectivity index (χ1) is 12.5. The van der Waals surface area contributed by atoms with Gasteiger partial charge >= 0.3 is 0 Å². The van der Waals surface area contributed by atoms with Gasteiger partial charge in [-0.25, -0.2) is 0 Å². The van der Waals surface area contributed by atoms with Gasteiger partial charge < -0.3 is 15.4 Å². The summed E-state index contributed by atoms with van der Waals surface area (Å²) in [5, 5.41) is 6.90. The van der Waals surface area contributed by atoms with Crippen LogP contribution in [-0.4, -0.2) is 86.9 Å². The Hall–Kier alpha value is -0.120. The molecule has 2 heterocycles. The molecule has 2 aliphatic heterocycles. The van der Waals surface area contributed by atoms with Crippen LogP contribution in [-0.2, 0) is 4.74 Å². The molecule has 0 aliphatic carbocycles. The van der Waals surface area contributed by atoms with Gasteiger partial charge in [-0.3, -0.25) is 14.8 Å². The minimum atomic E-state index is 0. The summed E-state index contributed by atoms with van der Waals surface area (Å²) in [6.45, 7) is 19.3. The molecule has 2 aliphatic rings. The van der Waals surface area contributed by atoms with Crippen molar-refractivity contribution in [2.75, 3.05) is 65.6 Å². The van der Waals surface area contributed by atoms with E-state index in [9.17, 15) is 0 Å². The van der Waals surface area contributed by atoms with Gasteiger partial charge in [-0.1, -0.05) is 6.92 Å². The van der Waals surface area contributed by atoms with Crippen LogP contribution in [0, 0.1) is 5.92 Å². The van der Waals surface area contributed by atoms with Crippen molar-refractivity contribution >= 4 is 29.9 Å². The van der Waals surface area contributed by atoms with Crippen LogP contribution < -0.4 is 10.6 Å². The number of piperidine rings is 1. The van der Waals surface area contributed by atoms with Gasteiger partial charge in [-0.15, -0.1) is 24.0 Å². The van der Waals surface area contributed by atoms with E-state index in [1.807, 2.05) is 0 Å². The second kappa shape index (κ2) is 13.2. The molecule has 0 amide bonds. The van der Waals surface area contributed by atoms with Gasteiger partial charge in [-0.05, 0) is 59.0 Å². The quantitative estimate of drug-likeness (QED) is 0.235. The lowest BCUT2D eigenvalue weighted by Crippen LogP contribution is -2.51. The van der Waals surface area contributed by atoms with Crippen LogP contribution in [0.4, 0.5) is 0 Å². The zero-order chi connectivity index (χ0) is 18.8. The molecule has 2 fully saturated rings. The Bertz CT molecular complexity index is 427. The van der Waals surface area contributed by atoms with Gasteiger partial charge in [0.25, 0.3) is 0 Å². The first-order valence-corrected chi connectivity index (χ1v) is 10.6. The Kier molecular flexibility index (Phi) is 12.2. The number of rotatable bonds is 8. The summed E-state index contributed by atoms with van der Waals surface area (Å²) in [6, 6.07) is 0. The van der Waals surface area contributed by atoms with Crippen molar-refractivity contribution < 1.29 is 4.74 Å². The van der Waals surface area contributed by atoms with E-state index in [-0.39, 0.29) is 29.5 Å². The topological polar surface area (TPSA) is 52.1 Å². The van der Waals surface area contributed by atoms with Gasteiger partial charge in [0.1, 0.15) is 0 Å². The third kappa shape index (κ3) is 9.28. The van der Waals surface area contributed by atoms with Crippen LogP contribution >= 0.6 is 24.0 Å². The average Bonchev–Trinajstić information content (AvgIpc) is 2.64. The zero-order valence-electron chi connectivity index (χ0n) is 17.9. The van der Waals surface area contributed by atoms with E-state index >= 15 is 0 Å².